The number of methoxy groups -OCH3 is 1. The quantitative estimate of drug-likeness (QED) is 0.918. The molecule has 8 heteroatoms. The van der Waals surface area contributed by atoms with Crippen LogP contribution in [0.1, 0.15) is 10.7 Å². The highest BCUT2D eigenvalue weighted by atomic mass is 32.1. The highest BCUT2D eigenvalue weighted by Gasteiger charge is 2.21. The second-order valence-electron chi connectivity index (χ2n) is 5.64. The van der Waals surface area contributed by atoms with Crippen molar-refractivity contribution < 1.29 is 9.53 Å². The molecule has 2 aromatic heterocycles. The fourth-order valence-corrected chi connectivity index (χ4v) is 3.20. The van der Waals surface area contributed by atoms with E-state index in [0.717, 1.165) is 30.3 Å². The molecule has 0 atom stereocenters. The molecule has 3 rings (SSSR count). The van der Waals surface area contributed by atoms with Crippen molar-refractivity contribution in [3.8, 4) is 5.88 Å². The Hall–Kier alpha value is -2.19. The van der Waals surface area contributed by atoms with E-state index in [-0.39, 0.29) is 6.03 Å². The van der Waals surface area contributed by atoms with Crippen molar-refractivity contribution in [2.24, 2.45) is 0 Å². The van der Waals surface area contributed by atoms with Gasteiger partial charge in [0.25, 0.3) is 0 Å². The summed E-state index contributed by atoms with van der Waals surface area (Å²) in [7, 11) is 1.56. The minimum atomic E-state index is -0.0916. The second-order valence-corrected chi connectivity index (χ2v) is 6.70. The van der Waals surface area contributed by atoms with Gasteiger partial charge in [0.05, 0.1) is 29.7 Å². The maximum Gasteiger partial charge on any atom is 0.321 e. The van der Waals surface area contributed by atoms with Crippen LogP contribution in [0.4, 0.5) is 10.5 Å². The predicted octanol–water partition coefficient (Wildman–Crippen LogP) is 2.20. The molecule has 0 spiro atoms. The van der Waals surface area contributed by atoms with E-state index < -0.39 is 0 Å². The van der Waals surface area contributed by atoms with E-state index in [0.29, 0.717) is 24.7 Å². The third-order valence-corrected chi connectivity index (χ3v) is 4.73. The minimum Gasteiger partial charge on any atom is -0.481 e. The standard InChI is InChI=1S/C16H21N5O2S/c1-12-18-14(11-24-12)10-20-5-7-21(8-6-20)16(22)19-13-3-4-15(23-2)17-9-13/h3-4,9,11H,5-8,10H2,1-2H3,(H,19,22). The smallest absolute Gasteiger partial charge is 0.321 e. The van der Waals surface area contributed by atoms with Crippen molar-refractivity contribution in [2.45, 2.75) is 13.5 Å². The number of aromatic nitrogens is 2. The summed E-state index contributed by atoms with van der Waals surface area (Å²) in [5.41, 5.74) is 1.78. The second kappa shape index (κ2) is 7.59. The molecule has 1 N–H and O–H groups in total. The fraction of sp³-hybridized carbons (Fsp3) is 0.438. The normalized spacial score (nSPS) is 15.3. The molecule has 128 valence electrons. The van der Waals surface area contributed by atoms with Gasteiger partial charge in [0, 0.05) is 44.2 Å². The molecule has 0 radical (unpaired) electrons. The SMILES string of the molecule is COc1ccc(NC(=O)N2CCN(Cc3csc(C)n3)CC2)cn1. The zero-order valence-corrected chi connectivity index (χ0v) is 14.7. The molecular weight excluding hydrogens is 326 g/mol. The van der Waals surface area contributed by atoms with E-state index in [4.69, 9.17) is 4.74 Å². The maximum absolute atomic E-state index is 12.3. The highest BCUT2D eigenvalue weighted by Crippen LogP contribution is 2.14. The molecule has 1 fully saturated rings. The fourth-order valence-electron chi connectivity index (χ4n) is 2.60. The summed E-state index contributed by atoms with van der Waals surface area (Å²) in [4.78, 5) is 25.1. The Kier molecular flexibility index (Phi) is 5.27. The van der Waals surface area contributed by atoms with Crippen molar-refractivity contribution in [2.75, 3.05) is 38.6 Å². The van der Waals surface area contributed by atoms with Gasteiger partial charge in [0.15, 0.2) is 0 Å². The van der Waals surface area contributed by atoms with E-state index in [1.165, 1.54) is 0 Å². The number of nitrogens with zero attached hydrogens (tertiary/aromatic N) is 4. The van der Waals surface area contributed by atoms with Gasteiger partial charge in [-0.3, -0.25) is 4.90 Å². The van der Waals surface area contributed by atoms with Crippen molar-refractivity contribution in [1.82, 2.24) is 19.8 Å². The first-order valence-electron chi connectivity index (χ1n) is 7.83. The number of nitrogens with one attached hydrogen (secondary N) is 1. The molecule has 0 unspecified atom stereocenters. The first-order valence-corrected chi connectivity index (χ1v) is 8.71. The maximum atomic E-state index is 12.3. The summed E-state index contributed by atoms with van der Waals surface area (Å²) in [6.45, 7) is 5.99. The lowest BCUT2D eigenvalue weighted by molar-refractivity contribution is 0.142. The lowest BCUT2D eigenvalue weighted by Gasteiger charge is -2.34. The van der Waals surface area contributed by atoms with Crippen LogP contribution in [0, 0.1) is 6.92 Å². The average Bonchev–Trinajstić information content (AvgIpc) is 3.01. The first kappa shape index (κ1) is 16.7. The van der Waals surface area contributed by atoms with Gasteiger partial charge in [-0.15, -0.1) is 11.3 Å². The number of carbonyl (C=O) groups excluding carboxylic acids is 1. The number of pyridine rings is 1. The van der Waals surface area contributed by atoms with Gasteiger partial charge in [-0.05, 0) is 13.0 Å². The molecule has 7 nitrogen and oxygen atoms in total. The van der Waals surface area contributed by atoms with Gasteiger partial charge in [-0.1, -0.05) is 0 Å². The first-order chi connectivity index (χ1) is 11.6. The number of amides is 2. The number of thiazole rings is 1. The molecule has 2 aromatic rings. The number of hydrogen-bond donors (Lipinski definition) is 1. The Morgan fingerprint density at radius 2 is 2.12 bits per heavy atom. The summed E-state index contributed by atoms with van der Waals surface area (Å²) in [6.07, 6.45) is 1.59. The van der Waals surface area contributed by atoms with Gasteiger partial charge in [0.2, 0.25) is 5.88 Å². The zero-order valence-electron chi connectivity index (χ0n) is 13.9. The Balaban J connectivity index is 1.47. The number of piperazine rings is 1. The molecule has 1 aliphatic heterocycles. The lowest BCUT2D eigenvalue weighted by Crippen LogP contribution is -2.49. The summed E-state index contributed by atoms with van der Waals surface area (Å²) >= 11 is 1.68. The third-order valence-electron chi connectivity index (χ3n) is 3.91. The molecule has 2 amide bonds. The molecule has 1 saturated heterocycles. The molecule has 1 aliphatic rings. The number of hydrogen-bond acceptors (Lipinski definition) is 6. The number of ether oxygens (including phenoxy) is 1. The van der Waals surface area contributed by atoms with Crippen molar-refractivity contribution in [3.05, 3.63) is 34.4 Å². The predicted molar refractivity (Wildman–Crippen MR) is 93.5 cm³/mol. The van der Waals surface area contributed by atoms with Gasteiger partial charge in [-0.25, -0.2) is 14.8 Å². The molecule has 3 heterocycles. The van der Waals surface area contributed by atoms with Gasteiger partial charge < -0.3 is 15.0 Å². The zero-order chi connectivity index (χ0) is 16.9. The Morgan fingerprint density at radius 1 is 1.33 bits per heavy atom. The summed E-state index contributed by atoms with van der Waals surface area (Å²) < 4.78 is 5.01. The van der Waals surface area contributed by atoms with E-state index in [1.54, 1.807) is 36.8 Å². The third kappa shape index (κ3) is 4.21. The minimum absolute atomic E-state index is 0.0916. The van der Waals surface area contributed by atoms with Crippen LogP contribution in [-0.2, 0) is 6.54 Å². The Labute approximate surface area is 145 Å². The van der Waals surface area contributed by atoms with E-state index >= 15 is 0 Å². The highest BCUT2D eigenvalue weighted by molar-refractivity contribution is 7.09. The molecular formula is C16H21N5O2S. The van der Waals surface area contributed by atoms with Crippen LogP contribution in [0.5, 0.6) is 5.88 Å². The summed E-state index contributed by atoms with van der Waals surface area (Å²) in [6, 6.07) is 3.42. The lowest BCUT2D eigenvalue weighted by atomic mass is 10.3. The van der Waals surface area contributed by atoms with E-state index in [1.807, 2.05) is 11.8 Å². The number of anilines is 1. The van der Waals surface area contributed by atoms with Crippen molar-refractivity contribution in [3.63, 3.8) is 0 Å². The largest absolute Gasteiger partial charge is 0.481 e. The number of urea groups is 1. The molecule has 0 saturated carbocycles. The molecule has 0 aliphatic carbocycles. The van der Waals surface area contributed by atoms with Gasteiger partial charge in [0.1, 0.15) is 0 Å². The van der Waals surface area contributed by atoms with Crippen LogP contribution < -0.4 is 10.1 Å². The number of carbonyl (C=O) groups is 1. The van der Waals surface area contributed by atoms with Gasteiger partial charge >= 0.3 is 6.03 Å². The van der Waals surface area contributed by atoms with Crippen LogP contribution in [0.2, 0.25) is 0 Å². The Morgan fingerprint density at radius 3 is 2.71 bits per heavy atom. The number of rotatable bonds is 4. The monoisotopic (exact) mass is 347 g/mol. The topological polar surface area (TPSA) is 70.6 Å². The van der Waals surface area contributed by atoms with Crippen LogP contribution in [-0.4, -0.2) is 59.1 Å². The summed E-state index contributed by atoms with van der Waals surface area (Å²) in [5, 5.41) is 6.07. The number of aryl methyl sites for hydroxylation is 1. The average molecular weight is 347 g/mol. The summed E-state index contributed by atoms with van der Waals surface area (Å²) in [5.74, 6) is 0.527. The van der Waals surface area contributed by atoms with Crippen LogP contribution in [0.25, 0.3) is 0 Å². The van der Waals surface area contributed by atoms with Crippen molar-refractivity contribution >= 4 is 23.1 Å². The van der Waals surface area contributed by atoms with Gasteiger partial charge in [-0.2, -0.15) is 0 Å². The van der Waals surface area contributed by atoms with Crippen molar-refractivity contribution in [1.29, 1.82) is 0 Å². The Bertz CT molecular complexity index is 680. The molecule has 0 aromatic carbocycles. The molecule has 0 bridgehead atoms. The van der Waals surface area contributed by atoms with E-state index in [9.17, 15) is 4.79 Å². The molecule has 24 heavy (non-hydrogen) atoms. The van der Waals surface area contributed by atoms with Crippen LogP contribution in [0.3, 0.4) is 0 Å². The van der Waals surface area contributed by atoms with Crippen LogP contribution >= 0.6 is 11.3 Å². The van der Waals surface area contributed by atoms with Crippen LogP contribution in [0.15, 0.2) is 23.7 Å². The van der Waals surface area contributed by atoms with E-state index in [2.05, 4.69) is 25.6 Å².